The zero-order chi connectivity index (χ0) is 19.1. The van der Waals surface area contributed by atoms with Gasteiger partial charge in [-0.3, -0.25) is 0 Å². The van der Waals surface area contributed by atoms with Crippen LogP contribution in [0.1, 0.15) is 25.6 Å². The fraction of sp³-hybridized carbons (Fsp3) is 0.353. The molecular weight excluding hydrogens is 350 g/mol. The predicted molar refractivity (Wildman–Crippen MR) is 98.5 cm³/mol. The minimum Gasteiger partial charge on any atom is -0.464 e. The fourth-order valence-corrected chi connectivity index (χ4v) is 3.17. The number of fused-ring (bicyclic) bond motifs is 2. The van der Waals surface area contributed by atoms with E-state index in [0.717, 1.165) is 5.57 Å². The third-order valence-corrected chi connectivity index (χ3v) is 4.47. The first-order chi connectivity index (χ1) is 13.0. The zero-order valence-electron chi connectivity index (χ0n) is 14.9. The molecule has 3 unspecified atom stereocenters. The predicted octanol–water partition coefficient (Wildman–Crippen LogP) is 0.568. The summed E-state index contributed by atoms with van der Waals surface area (Å²) >= 11 is 0. The molecule has 10 nitrogen and oxygen atoms in total. The van der Waals surface area contributed by atoms with Crippen molar-refractivity contribution in [1.82, 2.24) is 19.7 Å². The number of nitrogens with zero attached hydrogens (tertiary/aromatic N) is 5. The summed E-state index contributed by atoms with van der Waals surface area (Å²) in [5, 5.41) is 5.17. The Balaban J connectivity index is 1.83. The van der Waals surface area contributed by atoms with Gasteiger partial charge in [0.1, 0.15) is 36.0 Å². The molecule has 1 aliphatic heterocycles. The van der Waals surface area contributed by atoms with Crippen molar-refractivity contribution in [3.63, 3.8) is 0 Å². The Morgan fingerprint density at radius 3 is 3.00 bits per heavy atom. The second kappa shape index (κ2) is 6.38. The normalized spacial score (nSPS) is 22.0. The maximum Gasteiger partial charge on any atom is 0.330 e. The summed E-state index contributed by atoms with van der Waals surface area (Å²) in [4.78, 5) is 24.8. The van der Waals surface area contributed by atoms with Crippen LogP contribution in [0.5, 0.6) is 0 Å². The Kier molecular flexibility index (Phi) is 4.02. The van der Waals surface area contributed by atoms with Crippen molar-refractivity contribution in [2.75, 3.05) is 12.3 Å². The van der Waals surface area contributed by atoms with Gasteiger partial charge in [-0.1, -0.05) is 6.08 Å². The number of hydrogen-bond acceptors (Lipinski definition) is 9. The number of esters is 1. The number of allylic oxidation sites excluding steroid dienone is 2. The molecule has 1 aliphatic carbocycles. The molecule has 0 saturated carbocycles. The molecule has 0 amide bonds. The first-order valence-electron chi connectivity index (χ1n) is 8.55. The Bertz CT molecular complexity index is 1010. The molecule has 2 aliphatic rings. The second-order valence-corrected chi connectivity index (χ2v) is 6.20. The lowest BCUT2D eigenvalue weighted by Gasteiger charge is -2.15. The van der Waals surface area contributed by atoms with Gasteiger partial charge in [0.25, 0.3) is 6.02 Å². The molecule has 0 radical (unpaired) electrons. The Labute approximate surface area is 154 Å². The van der Waals surface area contributed by atoms with Gasteiger partial charge in [0, 0.05) is 5.57 Å². The minimum atomic E-state index is -0.667. The van der Waals surface area contributed by atoms with E-state index in [9.17, 15) is 4.79 Å². The summed E-state index contributed by atoms with van der Waals surface area (Å²) in [7, 11) is 0. The van der Waals surface area contributed by atoms with Crippen LogP contribution in [0.4, 0.5) is 5.82 Å². The summed E-state index contributed by atoms with van der Waals surface area (Å²) in [5.41, 5.74) is 13.5. The van der Waals surface area contributed by atoms with E-state index in [1.165, 1.54) is 11.0 Å². The molecule has 2 aromatic rings. The van der Waals surface area contributed by atoms with Gasteiger partial charge in [-0.25, -0.2) is 24.4 Å². The molecule has 0 spiro atoms. The highest BCUT2D eigenvalue weighted by Gasteiger charge is 2.31. The number of nitrogen functional groups attached to an aromatic ring is 1. The Hall–Kier alpha value is -3.43. The van der Waals surface area contributed by atoms with Crippen molar-refractivity contribution in [2.45, 2.75) is 32.0 Å². The van der Waals surface area contributed by atoms with Gasteiger partial charge in [0.15, 0.2) is 5.65 Å². The molecule has 3 heterocycles. The van der Waals surface area contributed by atoms with Gasteiger partial charge in [0.2, 0.25) is 0 Å². The number of carbonyl (C=O) groups is 1. The summed E-state index contributed by atoms with van der Waals surface area (Å²) in [6.07, 6.45) is 6.74. The minimum absolute atomic E-state index is 0.154. The third-order valence-electron chi connectivity index (χ3n) is 4.47. The molecule has 4 rings (SSSR count). The van der Waals surface area contributed by atoms with Crippen molar-refractivity contribution in [1.29, 1.82) is 0 Å². The smallest absolute Gasteiger partial charge is 0.330 e. The summed E-state index contributed by atoms with van der Waals surface area (Å²) in [5.74, 6) is -0.125. The highest BCUT2D eigenvalue weighted by molar-refractivity contribution is 5.98. The van der Waals surface area contributed by atoms with Crippen LogP contribution in [0.15, 0.2) is 29.5 Å². The number of anilines is 1. The van der Waals surface area contributed by atoms with Crippen LogP contribution in [-0.2, 0) is 14.3 Å². The van der Waals surface area contributed by atoms with Crippen molar-refractivity contribution < 1.29 is 14.3 Å². The van der Waals surface area contributed by atoms with E-state index in [4.69, 9.17) is 20.9 Å². The number of aromatic nitrogens is 4. The Morgan fingerprint density at radius 1 is 1.41 bits per heavy atom. The first-order valence-corrected chi connectivity index (χ1v) is 8.55. The second-order valence-electron chi connectivity index (χ2n) is 6.20. The van der Waals surface area contributed by atoms with Gasteiger partial charge < -0.3 is 20.9 Å². The number of aliphatic imine (C=N–C) groups is 1. The third kappa shape index (κ3) is 2.78. The van der Waals surface area contributed by atoms with E-state index in [0.29, 0.717) is 16.7 Å². The van der Waals surface area contributed by atoms with Crippen LogP contribution in [0.3, 0.4) is 0 Å². The summed E-state index contributed by atoms with van der Waals surface area (Å²) in [6, 6.07) is -0.750. The number of carbonyl (C=O) groups excluding carboxylic acids is 1. The summed E-state index contributed by atoms with van der Waals surface area (Å²) < 4.78 is 12.0. The van der Waals surface area contributed by atoms with E-state index in [1.54, 1.807) is 13.8 Å². The lowest BCUT2D eigenvalue weighted by molar-refractivity contribution is -0.146. The highest BCUT2D eigenvalue weighted by atomic mass is 16.5. The monoisotopic (exact) mass is 369 g/mol. The average molecular weight is 369 g/mol. The van der Waals surface area contributed by atoms with Crippen LogP contribution < -0.4 is 11.5 Å². The molecule has 4 N–H and O–H groups in total. The quantitative estimate of drug-likeness (QED) is 0.744. The molecule has 0 bridgehead atoms. The zero-order valence-corrected chi connectivity index (χ0v) is 14.9. The Morgan fingerprint density at radius 2 is 2.22 bits per heavy atom. The van der Waals surface area contributed by atoms with Crippen LogP contribution in [0, 0.1) is 0 Å². The number of nitrogens with two attached hydrogens (primary N) is 2. The standard InChI is InChI=1S/C17H19N7O3/c1-3-26-16(25)8(2)24-15-12(14(18)20-7-21-15)13(23-24)9-4-5-11-10(6-9)22-17(19)27-11/h4-8,10-11H,3H2,1-2H3,(H2,19,22)(H2,18,20,21). The fourth-order valence-electron chi connectivity index (χ4n) is 3.17. The SMILES string of the molecule is CCOC(=O)C(C)n1nc(C2=CC3N=C(N)OC3C=C2)c2c(N)ncnc21. The molecule has 27 heavy (non-hydrogen) atoms. The molecule has 140 valence electrons. The lowest BCUT2D eigenvalue weighted by atomic mass is 9.98. The van der Waals surface area contributed by atoms with E-state index in [1.807, 2.05) is 18.2 Å². The van der Waals surface area contributed by atoms with E-state index in [2.05, 4.69) is 20.1 Å². The first kappa shape index (κ1) is 17.0. The van der Waals surface area contributed by atoms with Gasteiger partial charge >= 0.3 is 5.97 Å². The molecule has 3 atom stereocenters. The number of rotatable bonds is 4. The molecule has 0 saturated heterocycles. The van der Waals surface area contributed by atoms with Crippen molar-refractivity contribution in [3.05, 3.63) is 30.2 Å². The maximum absolute atomic E-state index is 12.2. The average Bonchev–Trinajstić information content (AvgIpc) is 3.21. The number of ether oxygens (including phenoxy) is 2. The topological polar surface area (TPSA) is 144 Å². The summed E-state index contributed by atoms with van der Waals surface area (Å²) in [6.45, 7) is 3.73. The molecule has 0 fully saturated rings. The number of hydrogen-bond donors (Lipinski definition) is 2. The van der Waals surface area contributed by atoms with Crippen molar-refractivity contribution >= 4 is 34.4 Å². The molecule has 10 heteroatoms. The van der Waals surface area contributed by atoms with Gasteiger partial charge in [-0.2, -0.15) is 5.10 Å². The number of amidine groups is 1. The van der Waals surface area contributed by atoms with Gasteiger partial charge in [-0.15, -0.1) is 0 Å². The van der Waals surface area contributed by atoms with Crippen LogP contribution in [0.2, 0.25) is 0 Å². The van der Waals surface area contributed by atoms with Crippen molar-refractivity contribution in [3.8, 4) is 0 Å². The molecule has 2 aromatic heterocycles. The van der Waals surface area contributed by atoms with E-state index in [-0.39, 0.29) is 30.6 Å². The molecular formula is C17H19N7O3. The highest BCUT2D eigenvalue weighted by Crippen LogP contribution is 2.33. The maximum atomic E-state index is 12.2. The van der Waals surface area contributed by atoms with Crippen LogP contribution in [0.25, 0.3) is 16.6 Å². The van der Waals surface area contributed by atoms with Gasteiger partial charge in [-0.05, 0) is 26.0 Å². The van der Waals surface area contributed by atoms with Crippen LogP contribution in [-0.4, -0.2) is 50.5 Å². The largest absolute Gasteiger partial charge is 0.464 e. The van der Waals surface area contributed by atoms with Gasteiger partial charge in [0.05, 0.1) is 12.0 Å². The van der Waals surface area contributed by atoms with E-state index < -0.39 is 12.0 Å². The molecule has 0 aromatic carbocycles. The van der Waals surface area contributed by atoms with E-state index >= 15 is 0 Å². The van der Waals surface area contributed by atoms with Crippen molar-refractivity contribution in [2.24, 2.45) is 10.7 Å². The van der Waals surface area contributed by atoms with Crippen LogP contribution >= 0.6 is 0 Å². The lowest BCUT2D eigenvalue weighted by Crippen LogP contribution is -2.22.